The summed E-state index contributed by atoms with van der Waals surface area (Å²) in [5.74, 6) is 0.729. The number of aromatic nitrogens is 4. The highest BCUT2D eigenvalue weighted by molar-refractivity contribution is 7.14. The molecule has 2 aromatic heterocycles. The van der Waals surface area contributed by atoms with E-state index in [0.717, 1.165) is 33.4 Å². The molecule has 1 fully saturated rings. The zero-order valence-corrected chi connectivity index (χ0v) is 14.1. The van der Waals surface area contributed by atoms with Crippen LogP contribution < -0.4 is 10.5 Å². The van der Waals surface area contributed by atoms with E-state index in [2.05, 4.69) is 10.3 Å². The third-order valence-corrected chi connectivity index (χ3v) is 5.64. The van der Waals surface area contributed by atoms with E-state index in [4.69, 9.17) is 15.5 Å². The Hall–Kier alpha value is -2.74. The number of carbonyl (C=O) groups is 1. The van der Waals surface area contributed by atoms with Crippen LogP contribution in [-0.2, 0) is 6.42 Å². The number of nitrogens with two attached hydrogens (primary N) is 1. The van der Waals surface area contributed by atoms with Crippen LogP contribution in [0.15, 0.2) is 24.4 Å². The SMILES string of the molecule is NC(=O)c1ccc2c(c1)OCCc1sc(-n3nncc3C3CC3)nc1-2. The molecule has 1 aliphatic carbocycles. The first kappa shape index (κ1) is 14.6. The second-order valence-corrected chi connectivity index (χ2v) is 7.35. The predicted octanol–water partition coefficient (Wildman–Crippen LogP) is 2.30. The third kappa shape index (κ3) is 2.41. The molecule has 3 heterocycles. The average Bonchev–Trinajstić information content (AvgIpc) is 3.23. The number of nitrogens with zero attached hydrogens (tertiary/aromatic N) is 4. The van der Waals surface area contributed by atoms with Gasteiger partial charge >= 0.3 is 0 Å². The number of ether oxygens (including phenoxy) is 1. The molecular formula is C17H15N5O2S. The van der Waals surface area contributed by atoms with Crippen LogP contribution in [0.4, 0.5) is 0 Å². The maximum Gasteiger partial charge on any atom is 0.248 e. The van der Waals surface area contributed by atoms with Gasteiger partial charge in [-0.15, -0.1) is 5.10 Å². The maximum absolute atomic E-state index is 11.4. The van der Waals surface area contributed by atoms with Crippen molar-refractivity contribution in [3.8, 4) is 22.1 Å². The Morgan fingerprint density at radius 3 is 3.04 bits per heavy atom. The lowest BCUT2D eigenvalue weighted by molar-refractivity contribution is 0.1000. The molecule has 7 nitrogen and oxygen atoms in total. The quantitative estimate of drug-likeness (QED) is 0.779. The van der Waals surface area contributed by atoms with Gasteiger partial charge in [-0.25, -0.2) is 4.98 Å². The summed E-state index contributed by atoms with van der Waals surface area (Å²) in [6.45, 7) is 0.538. The zero-order chi connectivity index (χ0) is 17.0. The molecule has 0 bridgehead atoms. The van der Waals surface area contributed by atoms with Crippen molar-refractivity contribution in [1.82, 2.24) is 20.0 Å². The fourth-order valence-corrected chi connectivity index (χ4v) is 4.13. The number of amides is 1. The van der Waals surface area contributed by atoms with Crippen LogP contribution in [0.2, 0.25) is 0 Å². The molecule has 1 saturated carbocycles. The molecule has 0 atom stereocenters. The number of thiazole rings is 1. The molecule has 126 valence electrons. The lowest BCUT2D eigenvalue weighted by Crippen LogP contribution is -2.11. The van der Waals surface area contributed by atoms with E-state index in [9.17, 15) is 4.79 Å². The normalized spacial score (nSPS) is 15.8. The third-order valence-electron chi connectivity index (χ3n) is 4.55. The first-order valence-corrected chi connectivity index (χ1v) is 9.00. The zero-order valence-electron chi connectivity index (χ0n) is 13.3. The number of carbonyl (C=O) groups excluding carboxylic acids is 1. The Morgan fingerprint density at radius 2 is 2.24 bits per heavy atom. The van der Waals surface area contributed by atoms with Crippen LogP contribution in [-0.4, -0.2) is 32.5 Å². The van der Waals surface area contributed by atoms with E-state index in [1.807, 2.05) is 16.9 Å². The summed E-state index contributed by atoms with van der Waals surface area (Å²) in [4.78, 5) is 17.4. The van der Waals surface area contributed by atoms with Crippen molar-refractivity contribution in [3.05, 3.63) is 40.5 Å². The van der Waals surface area contributed by atoms with Crippen molar-refractivity contribution >= 4 is 17.2 Å². The van der Waals surface area contributed by atoms with Crippen molar-refractivity contribution in [2.45, 2.75) is 25.2 Å². The number of benzene rings is 1. The van der Waals surface area contributed by atoms with E-state index in [-0.39, 0.29) is 0 Å². The Morgan fingerprint density at radius 1 is 1.36 bits per heavy atom. The second-order valence-electron chi connectivity index (χ2n) is 6.29. The van der Waals surface area contributed by atoms with Crippen LogP contribution in [0.5, 0.6) is 5.75 Å². The van der Waals surface area contributed by atoms with Gasteiger partial charge in [0, 0.05) is 28.3 Å². The number of rotatable bonds is 3. The molecule has 2 N–H and O–H groups in total. The fourth-order valence-electron chi connectivity index (χ4n) is 3.10. The van der Waals surface area contributed by atoms with Crippen LogP contribution in [0.25, 0.3) is 16.4 Å². The van der Waals surface area contributed by atoms with E-state index >= 15 is 0 Å². The minimum absolute atomic E-state index is 0.435. The Labute approximate surface area is 147 Å². The van der Waals surface area contributed by atoms with Gasteiger partial charge in [-0.1, -0.05) is 16.6 Å². The van der Waals surface area contributed by atoms with Gasteiger partial charge in [-0.3, -0.25) is 4.79 Å². The first-order valence-electron chi connectivity index (χ1n) is 8.18. The summed E-state index contributed by atoms with van der Waals surface area (Å²) in [7, 11) is 0. The van der Waals surface area contributed by atoms with Crippen LogP contribution in [0.1, 0.15) is 39.7 Å². The fraction of sp³-hybridized carbons (Fsp3) is 0.294. The van der Waals surface area contributed by atoms with Crippen LogP contribution in [0.3, 0.4) is 0 Å². The molecular weight excluding hydrogens is 338 g/mol. The monoisotopic (exact) mass is 353 g/mol. The van der Waals surface area contributed by atoms with Gasteiger partial charge < -0.3 is 10.5 Å². The van der Waals surface area contributed by atoms with Crippen LogP contribution >= 0.6 is 11.3 Å². The number of fused-ring (bicyclic) bond motifs is 3. The summed E-state index contributed by atoms with van der Waals surface area (Å²) in [6, 6.07) is 5.26. The van der Waals surface area contributed by atoms with Gasteiger partial charge in [0.25, 0.3) is 0 Å². The van der Waals surface area contributed by atoms with Crippen molar-refractivity contribution in [2.75, 3.05) is 6.61 Å². The number of hydrogen-bond acceptors (Lipinski definition) is 6. The van der Waals surface area contributed by atoms with Gasteiger partial charge in [0.2, 0.25) is 11.0 Å². The van der Waals surface area contributed by atoms with E-state index in [1.165, 1.54) is 12.8 Å². The highest BCUT2D eigenvalue weighted by Gasteiger charge is 2.30. The molecule has 0 saturated heterocycles. The van der Waals surface area contributed by atoms with Crippen molar-refractivity contribution < 1.29 is 9.53 Å². The topological polar surface area (TPSA) is 95.9 Å². The standard InChI is InChI=1S/C17H15N5O2S/c18-16(23)10-3-4-11-13(7-10)24-6-5-14-15(11)20-17(25-14)22-12(8-19-21-22)9-1-2-9/h3-4,7-9H,1-2,5-6H2,(H2,18,23). The summed E-state index contributed by atoms with van der Waals surface area (Å²) in [6.07, 6.45) is 4.97. The second kappa shape index (κ2) is 5.38. The molecule has 0 unspecified atom stereocenters. The Balaban J connectivity index is 1.62. The highest BCUT2D eigenvalue weighted by Crippen LogP contribution is 2.42. The predicted molar refractivity (Wildman–Crippen MR) is 92.2 cm³/mol. The molecule has 25 heavy (non-hydrogen) atoms. The smallest absolute Gasteiger partial charge is 0.248 e. The van der Waals surface area contributed by atoms with E-state index in [0.29, 0.717) is 23.8 Å². The first-order chi connectivity index (χ1) is 12.2. The van der Waals surface area contributed by atoms with Gasteiger partial charge in [0.05, 0.1) is 24.2 Å². The Kier molecular flexibility index (Phi) is 3.14. The average molecular weight is 353 g/mol. The van der Waals surface area contributed by atoms with Gasteiger partial charge in [-0.2, -0.15) is 4.68 Å². The summed E-state index contributed by atoms with van der Waals surface area (Å²) in [5, 5.41) is 9.12. The molecule has 8 heteroatoms. The van der Waals surface area contributed by atoms with Crippen molar-refractivity contribution in [3.63, 3.8) is 0 Å². The molecule has 1 aliphatic heterocycles. The van der Waals surface area contributed by atoms with Crippen molar-refractivity contribution in [2.24, 2.45) is 5.73 Å². The lowest BCUT2D eigenvalue weighted by atomic mass is 10.1. The van der Waals surface area contributed by atoms with Gasteiger partial charge in [-0.05, 0) is 31.0 Å². The van der Waals surface area contributed by atoms with Gasteiger partial charge in [0.15, 0.2) is 0 Å². The minimum Gasteiger partial charge on any atom is -0.492 e. The summed E-state index contributed by atoms with van der Waals surface area (Å²) >= 11 is 1.62. The maximum atomic E-state index is 11.4. The molecule has 1 amide bonds. The number of hydrogen-bond donors (Lipinski definition) is 1. The minimum atomic E-state index is -0.466. The summed E-state index contributed by atoms with van der Waals surface area (Å²) < 4.78 is 7.66. The van der Waals surface area contributed by atoms with E-state index in [1.54, 1.807) is 23.5 Å². The van der Waals surface area contributed by atoms with E-state index < -0.39 is 5.91 Å². The van der Waals surface area contributed by atoms with Crippen molar-refractivity contribution in [1.29, 1.82) is 0 Å². The summed E-state index contributed by atoms with van der Waals surface area (Å²) in [5.41, 5.74) is 8.71. The largest absolute Gasteiger partial charge is 0.492 e. The van der Waals surface area contributed by atoms with Crippen LogP contribution in [0, 0.1) is 0 Å². The molecule has 0 radical (unpaired) electrons. The molecule has 0 spiro atoms. The molecule has 2 aliphatic rings. The molecule has 3 aromatic rings. The molecule has 1 aromatic carbocycles. The number of primary amides is 1. The molecule has 5 rings (SSSR count). The lowest BCUT2D eigenvalue weighted by Gasteiger charge is -2.08. The Bertz CT molecular complexity index is 989. The highest BCUT2D eigenvalue weighted by atomic mass is 32.1. The van der Waals surface area contributed by atoms with Gasteiger partial charge in [0.1, 0.15) is 5.75 Å².